The molecular weight excluding hydrogens is 312 g/mol. The van der Waals surface area contributed by atoms with Crippen molar-refractivity contribution in [3.63, 3.8) is 0 Å². The molecule has 0 unspecified atom stereocenters. The maximum atomic E-state index is 14.6. The summed E-state index contributed by atoms with van der Waals surface area (Å²) in [4.78, 5) is 0. The smallest absolute Gasteiger partial charge is 0.490 e. The Bertz CT molecular complexity index is 546. The first-order valence-electron chi connectivity index (χ1n) is 8.15. The fraction of sp³-hybridized carbons (Fsp3) is 0.647. The molecular formula is C17H20F4O2. The number of ether oxygens (including phenoxy) is 2. The largest absolute Gasteiger partial charge is 0.573 e. The molecule has 0 amide bonds. The number of halogens is 4. The van der Waals surface area contributed by atoms with Crippen molar-refractivity contribution in [1.29, 1.82) is 0 Å². The average Bonchev–Trinajstić information content (AvgIpc) is 3.13. The van der Waals surface area contributed by atoms with E-state index >= 15 is 0 Å². The Morgan fingerprint density at radius 2 is 1.74 bits per heavy atom. The summed E-state index contributed by atoms with van der Waals surface area (Å²) in [6.45, 7) is 0.279. The van der Waals surface area contributed by atoms with Crippen molar-refractivity contribution in [2.24, 2.45) is 5.92 Å². The number of hydrogen-bond acceptors (Lipinski definition) is 2. The van der Waals surface area contributed by atoms with Crippen LogP contribution in [0.3, 0.4) is 0 Å². The van der Waals surface area contributed by atoms with E-state index in [-0.39, 0.29) is 18.3 Å². The molecule has 2 nitrogen and oxygen atoms in total. The molecule has 1 aromatic carbocycles. The highest BCUT2D eigenvalue weighted by Crippen LogP contribution is 2.43. The molecule has 0 N–H and O–H groups in total. The topological polar surface area (TPSA) is 18.5 Å². The SMILES string of the molecule is Fc1c(C2CCCC2)ccc(OCCC2CC2)c1OC(F)(F)F. The molecule has 0 heterocycles. The van der Waals surface area contributed by atoms with Gasteiger partial charge in [-0.25, -0.2) is 4.39 Å². The zero-order valence-corrected chi connectivity index (χ0v) is 12.8. The van der Waals surface area contributed by atoms with Gasteiger partial charge in [-0.2, -0.15) is 0 Å². The lowest BCUT2D eigenvalue weighted by Crippen LogP contribution is -2.19. The Kier molecular flexibility index (Phi) is 4.69. The molecule has 0 saturated heterocycles. The van der Waals surface area contributed by atoms with Crippen molar-refractivity contribution in [2.45, 2.75) is 57.2 Å². The number of alkyl halides is 3. The van der Waals surface area contributed by atoms with Gasteiger partial charge < -0.3 is 9.47 Å². The van der Waals surface area contributed by atoms with Crippen LogP contribution in [0.5, 0.6) is 11.5 Å². The van der Waals surface area contributed by atoms with Crippen molar-refractivity contribution in [1.82, 2.24) is 0 Å². The van der Waals surface area contributed by atoms with E-state index in [0.717, 1.165) is 44.9 Å². The third-order valence-corrected chi connectivity index (χ3v) is 4.58. The molecule has 2 aliphatic carbocycles. The second-order valence-electron chi connectivity index (χ2n) is 6.41. The zero-order valence-electron chi connectivity index (χ0n) is 12.8. The summed E-state index contributed by atoms with van der Waals surface area (Å²) in [6, 6.07) is 2.95. The minimum absolute atomic E-state index is 0.0360. The monoisotopic (exact) mass is 332 g/mol. The van der Waals surface area contributed by atoms with Gasteiger partial charge in [-0.1, -0.05) is 31.7 Å². The maximum absolute atomic E-state index is 14.6. The molecule has 0 radical (unpaired) electrons. The van der Waals surface area contributed by atoms with E-state index < -0.39 is 17.9 Å². The lowest BCUT2D eigenvalue weighted by atomic mass is 9.96. The van der Waals surface area contributed by atoms with E-state index in [9.17, 15) is 17.6 Å². The Labute approximate surface area is 132 Å². The third kappa shape index (κ3) is 4.30. The number of hydrogen-bond donors (Lipinski definition) is 0. The molecule has 2 fully saturated rings. The van der Waals surface area contributed by atoms with Crippen LogP contribution in [0.15, 0.2) is 12.1 Å². The Hall–Kier alpha value is -1.46. The molecule has 0 bridgehead atoms. The van der Waals surface area contributed by atoms with Gasteiger partial charge in [-0.15, -0.1) is 13.2 Å². The minimum Gasteiger partial charge on any atom is -0.490 e. The quantitative estimate of drug-likeness (QED) is 0.635. The summed E-state index contributed by atoms with van der Waals surface area (Å²) in [5, 5.41) is 0. The third-order valence-electron chi connectivity index (χ3n) is 4.58. The summed E-state index contributed by atoms with van der Waals surface area (Å²) < 4.78 is 61.8. The number of rotatable bonds is 6. The van der Waals surface area contributed by atoms with E-state index in [1.807, 2.05) is 0 Å². The van der Waals surface area contributed by atoms with Gasteiger partial charge in [0.2, 0.25) is 5.75 Å². The molecule has 128 valence electrons. The van der Waals surface area contributed by atoms with Crippen LogP contribution in [0.2, 0.25) is 0 Å². The molecule has 23 heavy (non-hydrogen) atoms. The summed E-state index contributed by atoms with van der Waals surface area (Å²) in [6.07, 6.45) is 1.63. The molecule has 0 atom stereocenters. The fourth-order valence-corrected chi connectivity index (χ4v) is 3.17. The molecule has 3 rings (SSSR count). The van der Waals surface area contributed by atoms with Gasteiger partial charge in [0.1, 0.15) is 0 Å². The molecule has 1 aromatic rings. The van der Waals surface area contributed by atoms with E-state index in [0.29, 0.717) is 11.5 Å². The molecule has 0 spiro atoms. The standard InChI is InChI=1S/C17H20F4O2/c18-15-13(12-3-1-2-4-12)7-8-14(16(15)23-17(19,20)21)22-10-9-11-5-6-11/h7-8,11-12H,1-6,9-10H2. The highest BCUT2D eigenvalue weighted by atomic mass is 19.4. The van der Waals surface area contributed by atoms with Crippen LogP contribution in [0, 0.1) is 11.7 Å². The van der Waals surface area contributed by atoms with Gasteiger partial charge in [0.25, 0.3) is 0 Å². The highest BCUT2D eigenvalue weighted by molar-refractivity contribution is 5.46. The summed E-state index contributed by atoms with van der Waals surface area (Å²) in [7, 11) is 0. The molecule has 6 heteroatoms. The van der Waals surface area contributed by atoms with Crippen LogP contribution >= 0.6 is 0 Å². The van der Waals surface area contributed by atoms with Crippen molar-refractivity contribution < 1.29 is 27.0 Å². The van der Waals surface area contributed by atoms with Crippen LogP contribution in [0.1, 0.15) is 56.4 Å². The van der Waals surface area contributed by atoms with Gasteiger partial charge in [-0.3, -0.25) is 0 Å². The summed E-state index contributed by atoms with van der Waals surface area (Å²) >= 11 is 0. The average molecular weight is 332 g/mol. The Morgan fingerprint density at radius 3 is 2.35 bits per heavy atom. The first-order valence-corrected chi connectivity index (χ1v) is 8.15. The van der Waals surface area contributed by atoms with Crippen molar-refractivity contribution in [2.75, 3.05) is 6.61 Å². The predicted molar refractivity (Wildman–Crippen MR) is 77.1 cm³/mol. The maximum Gasteiger partial charge on any atom is 0.573 e. The normalized spacial score (nSPS) is 19.1. The van der Waals surface area contributed by atoms with Crippen LogP contribution in [0.4, 0.5) is 17.6 Å². The minimum atomic E-state index is -4.94. The Morgan fingerprint density at radius 1 is 1.04 bits per heavy atom. The second kappa shape index (κ2) is 6.57. The fourth-order valence-electron chi connectivity index (χ4n) is 3.17. The second-order valence-corrected chi connectivity index (χ2v) is 6.41. The van der Waals surface area contributed by atoms with E-state index in [1.165, 1.54) is 6.07 Å². The van der Waals surface area contributed by atoms with Crippen molar-refractivity contribution in [3.8, 4) is 11.5 Å². The van der Waals surface area contributed by atoms with Gasteiger partial charge in [-0.05, 0) is 42.7 Å². The molecule has 2 saturated carbocycles. The van der Waals surface area contributed by atoms with Crippen LogP contribution in [-0.2, 0) is 0 Å². The first-order chi connectivity index (χ1) is 10.9. The lowest BCUT2D eigenvalue weighted by Gasteiger charge is -2.19. The van der Waals surface area contributed by atoms with Gasteiger partial charge in [0, 0.05) is 0 Å². The number of benzene rings is 1. The van der Waals surface area contributed by atoms with E-state index in [1.54, 1.807) is 6.07 Å². The first kappa shape index (κ1) is 16.4. The zero-order chi connectivity index (χ0) is 16.4. The van der Waals surface area contributed by atoms with Crippen molar-refractivity contribution in [3.05, 3.63) is 23.5 Å². The summed E-state index contributed by atoms with van der Waals surface area (Å²) in [5.41, 5.74) is 0.302. The van der Waals surface area contributed by atoms with Crippen LogP contribution in [0.25, 0.3) is 0 Å². The lowest BCUT2D eigenvalue weighted by molar-refractivity contribution is -0.276. The van der Waals surface area contributed by atoms with Gasteiger partial charge in [0.05, 0.1) is 6.61 Å². The van der Waals surface area contributed by atoms with Crippen LogP contribution in [-0.4, -0.2) is 13.0 Å². The van der Waals surface area contributed by atoms with Crippen molar-refractivity contribution >= 4 is 0 Å². The van der Waals surface area contributed by atoms with Gasteiger partial charge in [0.15, 0.2) is 11.6 Å². The van der Waals surface area contributed by atoms with E-state index in [4.69, 9.17) is 4.74 Å². The Balaban J connectivity index is 1.82. The summed E-state index contributed by atoms with van der Waals surface area (Å²) in [5.74, 6) is -1.37. The molecule has 2 aliphatic rings. The van der Waals surface area contributed by atoms with Crippen LogP contribution < -0.4 is 9.47 Å². The molecule has 0 aliphatic heterocycles. The predicted octanol–water partition coefficient (Wildman–Crippen LogP) is 5.56. The van der Waals surface area contributed by atoms with Gasteiger partial charge >= 0.3 is 6.36 Å². The molecule has 0 aromatic heterocycles. The van der Waals surface area contributed by atoms with E-state index in [2.05, 4.69) is 4.74 Å². The highest BCUT2D eigenvalue weighted by Gasteiger charge is 2.36.